The van der Waals surface area contributed by atoms with E-state index in [9.17, 15) is 0 Å². The monoisotopic (exact) mass is 225 g/mol. The summed E-state index contributed by atoms with van der Waals surface area (Å²) in [7, 11) is 0. The van der Waals surface area contributed by atoms with Gasteiger partial charge in [0, 0.05) is 5.02 Å². The molecule has 0 radical (unpaired) electrons. The average molecular weight is 226 g/mol. The van der Waals surface area contributed by atoms with Crippen LogP contribution in [0.2, 0.25) is 5.02 Å². The van der Waals surface area contributed by atoms with Gasteiger partial charge in [-0.2, -0.15) is 0 Å². The molecule has 0 unspecified atom stereocenters. The Morgan fingerprint density at radius 2 is 1.80 bits per heavy atom. The molecule has 84 valence electrons. The van der Waals surface area contributed by atoms with E-state index in [0.717, 1.165) is 30.8 Å². The Kier molecular flexibility index (Phi) is 4.62. The van der Waals surface area contributed by atoms with Crippen molar-refractivity contribution in [1.29, 1.82) is 0 Å². The molecule has 0 bridgehead atoms. The van der Waals surface area contributed by atoms with Crippen LogP contribution in [0.5, 0.6) is 0 Å². The van der Waals surface area contributed by atoms with Crippen LogP contribution in [0.1, 0.15) is 32.3 Å². The van der Waals surface area contributed by atoms with Crippen LogP contribution < -0.4 is 5.73 Å². The molecule has 0 aromatic heterocycles. The number of rotatable bonds is 5. The number of benzene rings is 1. The molecule has 0 aliphatic heterocycles. The first-order chi connectivity index (χ1) is 7.17. The summed E-state index contributed by atoms with van der Waals surface area (Å²) in [6, 6.07) is 8.04. The molecule has 1 rings (SSSR count). The molecular formula is C13H20ClN. The maximum Gasteiger partial charge on any atom is 0.0438 e. The third-order valence-electron chi connectivity index (χ3n) is 3.46. The minimum Gasteiger partial charge on any atom is -0.330 e. The summed E-state index contributed by atoms with van der Waals surface area (Å²) in [6.07, 6.45) is 3.19. The number of nitrogens with two attached hydrogens (primary N) is 1. The van der Waals surface area contributed by atoms with E-state index in [-0.39, 0.29) is 5.41 Å². The fourth-order valence-corrected chi connectivity index (χ4v) is 2.11. The van der Waals surface area contributed by atoms with Gasteiger partial charge in [0.15, 0.2) is 0 Å². The summed E-state index contributed by atoms with van der Waals surface area (Å²) in [5, 5.41) is 0.859. The molecule has 0 saturated carbocycles. The van der Waals surface area contributed by atoms with Gasteiger partial charge in [0.2, 0.25) is 0 Å². The molecule has 1 aromatic carbocycles. The lowest BCUT2D eigenvalue weighted by Crippen LogP contribution is -2.31. The lowest BCUT2D eigenvalue weighted by atomic mass is 9.77. The Hall–Kier alpha value is -0.530. The predicted octanol–water partition coefficient (Wildman–Crippen LogP) is 3.65. The molecule has 15 heavy (non-hydrogen) atoms. The van der Waals surface area contributed by atoms with Crippen molar-refractivity contribution in [1.82, 2.24) is 0 Å². The van der Waals surface area contributed by atoms with E-state index in [1.165, 1.54) is 5.56 Å². The summed E-state index contributed by atoms with van der Waals surface area (Å²) in [4.78, 5) is 0. The first kappa shape index (κ1) is 12.5. The van der Waals surface area contributed by atoms with Crippen LogP contribution in [0.3, 0.4) is 0 Å². The molecule has 0 heterocycles. The standard InChI is InChI=1S/C13H20ClN/c1-3-13(4-2,10-15)9-11-7-5-6-8-12(11)14/h5-8H,3-4,9-10,15H2,1-2H3. The summed E-state index contributed by atoms with van der Waals surface area (Å²) in [6.45, 7) is 5.13. The normalized spacial score (nSPS) is 11.7. The first-order valence-electron chi connectivity index (χ1n) is 5.61. The molecule has 0 atom stereocenters. The third kappa shape index (κ3) is 2.96. The lowest BCUT2D eigenvalue weighted by Gasteiger charge is -2.30. The van der Waals surface area contributed by atoms with Gasteiger partial charge in [-0.15, -0.1) is 0 Å². The predicted molar refractivity (Wildman–Crippen MR) is 67.2 cm³/mol. The van der Waals surface area contributed by atoms with E-state index >= 15 is 0 Å². The highest BCUT2D eigenvalue weighted by molar-refractivity contribution is 6.31. The van der Waals surface area contributed by atoms with E-state index in [2.05, 4.69) is 19.9 Å². The van der Waals surface area contributed by atoms with Gasteiger partial charge in [0.1, 0.15) is 0 Å². The highest BCUT2D eigenvalue weighted by atomic mass is 35.5. The Balaban J connectivity index is 2.88. The zero-order chi connectivity index (χ0) is 11.3. The van der Waals surface area contributed by atoms with Gasteiger partial charge < -0.3 is 5.73 Å². The van der Waals surface area contributed by atoms with Crippen LogP contribution in [-0.4, -0.2) is 6.54 Å². The van der Waals surface area contributed by atoms with Gasteiger partial charge in [-0.25, -0.2) is 0 Å². The Morgan fingerprint density at radius 1 is 1.20 bits per heavy atom. The lowest BCUT2D eigenvalue weighted by molar-refractivity contribution is 0.271. The maximum absolute atomic E-state index is 6.16. The van der Waals surface area contributed by atoms with Gasteiger partial charge in [0.05, 0.1) is 0 Å². The minimum atomic E-state index is 0.213. The summed E-state index contributed by atoms with van der Waals surface area (Å²) >= 11 is 6.16. The quantitative estimate of drug-likeness (QED) is 0.814. The Morgan fingerprint density at radius 3 is 2.27 bits per heavy atom. The molecule has 0 aliphatic carbocycles. The fraction of sp³-hybridized carbons (Fsp3) is 0.538. The number of hydrogen-bond acceptors (Lipinski definition) is 1. The molecule has 0 fully saturated rings. The maximum atomic E-state index is 6.16. The first-order valence-corrected chi connectivity index (χ1v) is 5.98. The van der Waals surface area contributed by atoms with Crippen molar-refractivity contribution in [2.75, 3.05) is 6.54 Å². The molecule has 1 nitrogen and oxygen atoms in total. The second-order valence-corrected chi connectivity index (χ2v) is 4.59. The van der Waals surface area contributed by atoms with Crippen molar-refractivity contribution >= 4 is 11.6 Å². The van der Waals surface area contributed by atoms with Crippen LogP contribution in [-0.2, 0) is 6.42 Å². The van der Waals surface area contributed by atoms with Crippen molar-refractivity contribution in [3.63, 3.8) is 0 Å². The number of hydrogen-bond donors (Lipinski definition) is 1. The fourth-order valence-electron chi connectivity index (χ4n) is 1.91. The van der Waals surface area contributed by atoms with E-state index in [1.807, 2.05) is 18.2 Å². The molecule has 0 spiro atoms. The van der Waals surface area contributed by atoms with Crippen molar-refractivity contribution in [2.24, 2.45) is 11.1 Å². The Bertz CT molecular complexity index is 297. The van der Waals surface area contributed by atoms with E-state index in [0.29, 0.717) is 0 Å². The topological polar surface area (TPSA) is 26.0 Å². The number of halogens is 1. The summed E-state index contributed by atoms with van der Waals surface area (Å²) < 4.78 is 0. The molecular weight excluding hydrogens is 206 g/mol. The van der Waals surface area contributed by atoms with E-state index in [4.69, 9.17) is 17.3 Å². The molecule has 0 saturated heterocycles. The average Bonchev–Trinajstić information content (AvgIpc) is 2.29. The van der Waals surface area contributed by atoms with Gasteiger partial charge in [-0.1, -0.05) is 43.6 Å². The van der Waals surface area contributed by atoms with Gasteiger partial charge in [0.25, 0.3) is 0 Å². The highest BCUT2D eigenvalue weighted by Gasteiger charge is 2.25. The van der Waals surface area contributed by atoms with E-state index < -0.39 is 0 Å². The molecule has 0 aliphatic rings. The van der Waals surface area contributed by atoms with Gasteiger partial charge >= 0.3 is 0 Å². The highest BCUT2D eigenvalue weighted by Crippen LogP contribution is 2.32. The largest absolute Gasteiger partial charge is 0.330 e. The Labute approximate surface area is 97.6 Å². The smallest absolute Gasteiger partial charge is 0.0438 e. The SMILES string of the molecule is CCC(CC)(CN)Cc1ccccc1Cl. The van der Waals surface area contributed by atoms with Crippen molar-refractivity contribution < 1.29 is 0 Å². The second kappa shape index (κ2) is 5.53. The summed E-state index contributed by atoms with van der Waals surface area (Å²) in [5.41, 5.74) is 7.31. The zero-order valence-electron chi connectivity index (χ0n) is 9.59. The van der Waals surface area contributed by atoms with Gasteiger partial charge in [-0.3, -0.25) is 0 Å². The van der Waals surface area contributed by atoms with Crippen LogP contribution in [0.15, 0.2) is 24.3 Å². The zero-order valence-corrected chi connectivity index (χ0v) is 10.3. The molecule has 1 aromatic rings. The van der Waals surface area contributed by atoms with Crippen molar-refractivity contribution in [3.8, 4) is 0 Å². The van der Waals surface area contributed by atoms with Crippen LogP contribution in [0.4, 0.5) is 0 Å². The van der Waals surface area contributed by atoms with Crippen LogP contribution >= 0.6 is 11.6 Å². The van der Waals surface area contributed by atoms with Crippen molar-refractivity contribution in [3.05, 3.63) is 34.9 Å². The second-order valence-electron chi connectivity index (χ2n) is 4.18. The molecule has 2 heteroatoms. The minimum absolute atomic E-state index is 0.213. The van der Waals surface area contributed by atoms with Gasteiger partial charge in [-0.05, 0) is 42.9 Å². The molecule has 0 amide bonds. The third-order valence-corrected chi connectivity index (χ3v) is 3.83. The molecule has 2 N–H and O–H groups in total. The van der Waals surface area contributed by atoms with Crippen LogP contribution in [0.25, 0.3) is 0 Å². The summed E-state index contributed by atoms with van der Waals surface area (Å²) in [5.74, 6) is 0. The van der Waals surface area contributed by atoms with E-state index in [1.54, 1.807) is 0 Å². The van der Waals surface area contributed by atoms with Crippen LogP contribution in [0, 0.1) is 5.41 Å². The van der Waals surface area contributed by atoms with Crippen molar-refractivity contribution in [2.45, 2.75) is 33.1 Å².